The Kier molecular flexibility index (Phi) is 6.61. The van der Waals surface area contributed by atoms with Crippen LogP contribution in [0.15, 0.2) is 50.8 Å². The molecule has 9 heteroatoms. The van der Waals surface area contributed by atoms with Crippen molar-refractivity contribution in [3.63, 3.8) is 0 Å². The summed E-state index contributed by atoms with van der Waals surface area (Å²) in [5, 5.41) is 3.96. The summed E-state index contributed by atoms with van der Waals surface area (Å²) in [6.07, 6.45) is 1.74. The fraction of sp³-hybridized carbons (Fsp3) is 0.200. The summed E-state index contributed by atoms with van der Waals surface area (Å²) in [5.74, 6) is 0.702. The highest BCUT2D eigenvalue weighted by Crippen LogP contribution is 2.33. The van der Waals surface area contributed by atoms with E-state index >= 15 is 0 Å². The first-order valence-corrected chi connectivity index (χ1v) is 9.52. The highest BCUT2D eigenvalue weighted by Gasteiger charge is 2.11. The van der Waals surface area contributed by atoms with Crippen molar-refractivity contribution < 1.29 is 14.3 Å². The fourth-order valence-corrected chi connectivity index (χ4v) is 3.21. The van der Waals surface area contributed by atoms with Crippen LogP contribution in [0.25, 0.3) is 11.0 Å². The van der Waals surface area contributed by atoms with Crippen LogP contribution in [-0.4, -0.2) is 36.3 Å². The number of nitrogens with one attached hydrogen (secondary N) is 2. The third-order valence-corrected chi connectivity index (χ3v) is 4.58. The van der Waals surface area contributed by atoms with Crippen molar-refractivity contribution >= 4 is 39.1 Å². The maximum absolute atomic E-state index is 12.1. The first-order chi connectivity index (χ1) is 14.0. The third-order valence-electron chi connectivity index (χ3n) is 4.12. The van der Waals surface area contributed by atoms with Crippen LogP contribution in [0.2, 0.25) is 0 Å². The number of benzene rings is 2. The Hall–Kier alpha value is -3.20. The van der Waals surface area contributed by atoms with Gasteiger partial charge in [0.15, 0.2) is 11.5 Å². The van der Waals surface area contributed by atoms with Crippen LogP contribution in [0.5, 0.6) is 11.5 Å². The van der Waals surface area contributed by atoms with Crippen molar-refractivity contribution in [2.45, 2.75) is 12.8 Å². The van der Waals surface area contributed by atoms with Gasteiger partial charge in [0.25, 0.3) is 5.56 Å². The molecule has 1 aromatic heterocycles. The van der Waals surface area contributed by atoms with Gasteiger partial charge in [-0.2, -0.15) is 5.10 Å². The molecule has 0 radical (unpaired) electrons. The summed E-state index contributed by atoms with van der Waals surface area (Å²) in [5.41, 5.74) is 4.42. The first kappa shape index (κ1) is 20.5. The minimum Gasteiger partial charge on any atom is -0.493 e. The summed E-state index contributed by atoms with van der Waals surface area (Å²) in [7, 11) is 3.06. The molecule has 0 aliphatic heterocycles. The van der Waals surface area contributed by atoms with Crippen LogP contribution in [0, 0.1) is 0 Å². The second-order valence-corrected chi connectivity index (χ2v) is 6.97. The average Bonchev–Trinajstić information content (AvgIpc) is 2.71. The number of aromatic amines is 1. The van der Waals surface area contributed by atoms with E-state index in [0.717, 1.165) is 4.47 Å². The van der Waals surface area contributed by atoms with Gasteiger partial charge in [0.05, 0.1) is 31.5 Å². The Morgan fingerprint density at radius 1 is 1.28 bits per heavy atom. The number of hydrazone groups is 1. The number of rotatable bonds is 7. The molecule has 1 amide bonds. The Morgan fingerprint density at radius 3 is 2.83 bits per heavy atom. The molecule has 3 rings (SSSR count). The van der Waals surface area contributed by atoms with E-state index in [1.807, 2.05) is 12.1 Å². The maximum Gasteiger partial charge on any atom is 0.270 e. The highest BCUT2D eigenvalue weighted by atomic mass is 79.9. The Morgan fingerprint density at radius 2 is 2.07 bits per heavy atom. The van der Waals surface area contributed by atoms with Gasteiger partial charge in [0, 0.05) is 22.9 Å². The van der Waals surface area contributed by atoms with Gasteiger partial charge in [0.2, 0.25) is 5.91 Å². The molecule has 150 valence electrons. The number of aryl methyl sites for hydroxylation is 1. The predicted molar refractivity (Wildman–Crippen MR) is 114 cm³/mol. The quantitative estimate of drug-likeness (QED) is 0.418. The van der Waals surface area contributed by atoms with Crippen molar-refractivity contribution in [3.05, 3.63) is 62.5 Å². The number of hydrogen-bond acceptors (Lipinski definition) is 6. The zero-order chi connectivity index (χ0) is 20.8. The van der Waals surface area contributed by atoms with E-state index in [-0.39, 0.29) is 24.3 Å². The number of fused-ring (bicyclic) bond motifs is 1. The van der Waals surface area contributed by atoms with E-state index in [4.69, 9.17) is 9.47 Å². The van der Waals surface area contributed by atoms with Gasteiger partial charge in [-0.3, -0.25) is 9.59 Å². The number of ether oxygens (including phenoxy) is 2. The molecule has 29 heavy (non-hydrogen) atoms. The topological polar surface area (TPSA) is 106 Å². The maximum atomic E-state index is 12.1. The summed E-state index contributed by atoms with van der Waals surface area (Å²) in [6.45, 7) is 0. The normalized spacial score (nSPS) is 11.0. The van der Waals surface area contributed by atoms with Gasteiger partial charge in [-0.15, -0.1) is 0 Å². The summed E-state index contributed by atoms with van der Waals surface area (Å²) in [4.78, 5) is 31.3. The third kappa shape index (κ3) is 5.00. The molecular formula is C20H19BrN4O4. The van der Waals surface area contributed by atoms with E-state index in [0.29, 0.717) is 33.8 Å². The number of aromatic nitrogens is 2. The van der Waals surface area contributed by atoms with Gasteiger partial charge < -0.3 is 14.5 Å². The molecule has 0 fully saturated rings. The average molecular weight is 459 g/mol. The lowest BCUT2D eigenvalue weighted by Gasteiger charge is -2.10. The number of carbonyl (C=O) groups is 1. The zero-order valence-corrected chi connectivity index (χ0v) is 17.4. The zero-order valence-electron chi connectivity index (χ0n) is 15.9. The van der Waals surface area contributed by atoms with Crippen LogP contribution >= 0.6 is 15.9 Å². The minimum absolute atomic E-state index is 0.0741. The van der Waals surface area contributed by atoms with Gasteiger partial charge in [-0.25, -0.2) is 10.4 Å². The number of amides is 1. The van der Waals surface area contributed by atoms with Crippen LogP contribution in [0.4, 0.5) is 0 Å². The van der Waals surface area contributed by atoms with Crippen molar-refractivity contribution in [1.29, 1.82) is 0 Å². The van der Waals surface area contributed by atoms with Crippen LogP contribution < -0.4 is 20.5 Å². The molecule has 2 N–H and O–H groups in total. The van der Waals surface area contributed by atoms with E-state index < -0.39 is 0 Å². The Bertz CT molecular complexity index is 1130. The smallest absolute Gasteiger partial charge is 0.270 e. The summed E-state index contributed by atoms with van der Waals surface area (Å²) < 4.78 is 11.4. The number of halogens is 1. The van der Waals surface area contributed by atoms with Crippen molar-refractivity contribution in [3.8, 4) is 11.5 Å². The number of hydrogen-bond donors (Lipinski definition) is 2. The van der Waals surface area contributed by atoms with E-state index in [2.05, 4.69) is 36.4 Å². The van der Waals surface area contributed by atoms with E-state index in [9.17, 15) is 9.59 Å². The molecule has 0 aliphatic rings. The number of carbonyl (C=O) groups excluding carboxylic acids is 1. The lowest BCUT2D eigenvalue weighted by atomic mass is 10.2. The molecular weight excluding hydrogens is 440 g/mol. The fourth-order valence-electron chi connectivity index (χ4n) is 2.75. The Labute approximate surface area is 175 Å². The molecule has 0 saturated carbocycles. The predicted octanol–water partition coefficient (Wildman–Crippen LogP) is 2.79. The molecule has 0 bridgehead atoms. The first-order valence-electron chi connectivity index (χ1n) is 8.73. The molecule has 0 saturated heterocycles. The number of methoxy groups -OCH3 is 2. The second kappa shape index (κ2) is 9.33. The van der Waals surface area contributed by atoms with Crippen LogP contribution in [-0.2, 0) is 11.2 Å². The van der Waals surface area contributed by atoms with Crippen molar-refractivity contribution in [1.82, 2.24) is 15.4 Å². The number of H-pyrrole nitrogens is 1. The molecule has 0 aliphatic carbocycles. The Balaban J connectivity index is 1.64. The van der Waals surface area contributed by atoms with Gasteiger partial charge in [0.1, 0.15) is 5.69 Å². The molecule has 1 heterocycles. The van der Waals surface area contributed by atoms with E-state index in [1.165, 1.54) is 20.4 Å². The molecule has 0 spiro atoms. The van der Waals surface area contributed by atoms with Crippen molar-refractivity contribution in [2.24, 2.45) is 5.10 Å². The lowest BCUT2D eigenvalue weighted by Crippen LogP contribution is -2.21. The lowest BCUT2D eigenvalue weighted by molar-refractivity contribution is -0.121. The van der Waals surface area contributed by atoms with Gasteiger partial charge in [-0.05, 0) is 24.3 Å². The minimum atomic E-state index is -0.337. The standard InChI is InChI=1S/C20H19BrN4O4/c1-28-17-10-13(21)9-12(19(17)29-2)11-22-25-18(26)8-7-16-20(27)24-15-6-4-3-5-14(15)23-16/h3-6,9-11H,7-8H2,1-2H3,(H,24,27)(H,25,26)/b22-11-. The second-order valence-electron chi connectivity index (χ2n) is 6.05. The molecule has 8 nitrogen and oxygen atoms in total. The SMILES string of the molecule is COc1cc(Br)cc(/C=N\NC(=O)CCc2nc3ccccc3[nH]c2=O)c1OC. The molecule has 3 aromatic rings. The largest absolute Gasteiger partial charge is 0.493 e. The monoisotopic (exact) mass is 458 g/mol. The summed E-state index contributed by atoms with van der Waals surface area (Å²) >= 11 is 3.39. The highest BCUT2D eigenvalue weighted by molar-refractivity contribution is 9.10. The van der Waals surface area contributed by atoms with E-state index in [1.54, 1.807) is 24.3 Å². The van der Waals surface area contributed by atoms with Crippen LogP contribution in [0.1, 0.15) is 17.7 Å². The molecule has 0 unspecified atom stereocenters. The number of nitrogens with zero attached hydrogens (tertiary/aromatic N) is 2. The summed E-state index contributed by atoms with van der Waals surface area (Å²) in [6, 6.07) is 10.8. The molecule has 2 aromatic carbocycles. The van der Waals surface area contributed by atoms with Gasteiger partial charge in [-0.1, -0.05) is 28.1 Å². The van der Waals surface area contributed by atoms with Crippen LogP contribution in [0.3, 0.4) is 0 Å². The van der Waals surface area contributed by atoms with Crippen molar-refractivity contribution in [2.75, 3.05) is 14.2 Å². The molecule has 0 atom stereocenters. The number of para-hydroxylation sites is 2. The van der Waals surface area contributed by atoms with Gasteiger partial charge >= 0.3 is 0 Å².